The van der Waals surface area contributed by atoms with E-state index in [-0.39, 0.29) is 30.2 Å². The Bertz CT molecular complexity index is 1270. The number of nitriles is 1. The average Bonchev–Trinajstić information content (AvgIpc) is 2.88. The second-order valence-corrected chi connectivity index (χ2v) is 9.16. The van der Waals surface area contributed by atoms with Crippen molar-refractivity contribution in [3.63, 3.8) is 0 Å². The SMILES string of the molecule is Cc1ccc(NC(=O)CSc2ccccc2C(=O)OCC(=O)N(CCC#N)c2cccc(Cl)c2)cc1. The van der Waals surface area contributed by atoms with Crippen LogP contribution in [0.15, 0.2) is 77.7 Å². The van der Waals surface area contributed by atoms with Gasteiger partial charge in [-0.15, -0.1) is 11.8 Å². The van der Waals surface area contributed by atoms with Gasteiger partial charge in [0.1, 0.15) is 0 Å². The largest absolute Gasteiger partial charge is 0.452 e. The summed E-state index contributed by atoms with van der Waals surface area (Å²) in [6, 6.07) is 22.9. The summed E-state index contributed by atoms with van der Waals surface area (Å²) in [5, 5.41) is 12.2. The molecular weight excluding hydrogens is 498 g/mol. The van der Waals surface area contributed by atoms with Gasteiger partial charge in [-0.05, 0) is 49.4 Å². The highest BCUT2D eigenvalue weighted by Crippen LogP contribution is 2.24. The molecule has 0 heterocycles. The van der Waals surface area contributed by atoms with Crippen molar-refractivity contribution in [2.75, 3.05) is 29.1 Å². The molecule has 0 atom stereocenters. The number of anilines is 2. The van der Waals surface area contributed by atoms with E-state index >= 15 is 0 Å². The van der Waals surface area contributed by atoms with Crippen LogP contribution in [0.2, 0.25) is 5.02 Å². The first-order valence-electron chi connectivity index (χ1n) is 11.1. The fraction of sp³-hybridized carbons (Fsp3) is 0.185. The molecule has 36 heavy (non-hydrogen) atoms. The molecule has 9 heteroatoms. The Kier molecular flexibility index (Phi) is 9.92. The Labute approximate surface area is 219 Å². The fourth-order valence-electron chi connectivity index (χ4n) is 3.22. The molecule has 0 aliphatic heterocycles. The molecule has 0 radical (unpaired) electrons. The number of carbonyl (C=O) groups excluding carboxylic acids is 3. The highest BCUT2D eigenvalue weighted by atomic mass is 35.5. The van der Waals surface area contributed by atoms with Crippen molar-refractivity contribution in [2.24, 2.45) is 0 Å². The minimum absolute atomic E-state index is 0.0911. The van der Waals surface area contributed by atoms with E-state index in [0.29, 0.717) is 21.3 Å². The number of hydrogen-bond donors (Lipinski definition) is 1. The lowest BCUT2D eigenvalue weighted by Gasteiger charge is -2.22. The Morgan fingerprint density at radius 1 is 1.06 bits per heavy atom. The zero-order chi connectivity index (χ0) is 25.9. The topological polar surface area (TPSA) is 99.5 Å². The summed E-state index contributed by atoms with van der Waals surface area (Å²) in [6.45, 7) is 1.59. The maximum Gasteiger partial charge on any atom is 0.339 e. The van der Waals surface area contributed by atoms with Gasteiger partial charge in [0.15, 0.2) is 6.61 Å². The Morgan fingerprint density at radius 3 is 2.53 bits per heavy atom. The van der Waals surface area contributed by atoms with E-state index in [1.165, 1.54) is 16.7 Å². The molecule has 0 unspecified atom stereocenters. The maximum atomic E-state index is 12.8. The van der Waals surface area contributed by atoms with E-state index in [0.717, 1.165) is 5.56 Å². The van der Waals surface area contributed by atoms with Gasteiger partial charge in [-0.25, -0.2) is 4.79 Å². The average molecular weight is 522 g/mol. The number of amides is 2. The molecule has 184 valence electrons. The van der Waals surface area contributed by atoms with Crippen LogP contribution in [0.3, 0.4) is 0 Å². The first-order chi connectivity index (χ1) is 17.4. The maximum absolute atomic E-state index is 12.8. The van der Waals surface area contributed by atoms with E-state index in [1.54, 1.807) is 48.5 Å². The van der Waals surface area contributed by atoms with Crippen LogP contribution in [0.5, 0.6) is 0 Å². The van der Waals surface area contributed by atoms with Crippen molar-refractivity contribution >= 4 is 52.5 Å². The molecule has 0 fully saturated rings. The van der Waals surface area contributed by atoms with Crippen LogP contribution in [-0.4, -0.2) is 36.7 Å². The number of rotatable bonds is 10. The molecule has 0 saturated heterocycles. The summed E-state index contributed by atoms with van der Waals surface area (Å²) in [5.74, 6) is -1.29. The van der Waals surface area contributed by atoms with Crippen LogP contribution in [0.4, 0.5) is 11.4 Å². The monoisotopic (exact) mass is 521 g/mol. The number of esters is 1. The van der Waals surface area contributed by atoms with Gasteiger partial charge < -0.3 is 15.0 Å². The molecule has 1 N–H and O–H groups in total. The van der Waals surface area contributed by atoms with Crippen LogP contribution >= 0.6 is 23.4 Å². The Hall–Kier alpha value is -3.80. The first-order valence-corrected chi connectivity index (χ1v) is 12.4. The highest BCUT2D eigenvalue weighted by Gasteiger charge is 2.20. The number of thioether (sulfide) groups is 1. The van der Waals surface area contributed by atoms with E-state index in [9.17, 15) is 14.4 Å². The quantitative estimate of drug-likeness (QED) is 0.280. The number of hydrogen-bond acceptors (Lipinski definition) is 6. The standard InChI is InChI=1S/C27H24ClN3O4S/c1-19-10-12-21(13-11-19)30-25(32)18-36-24-9-3-2-8-23(24)27(34)35-17-26(33)31(15-5-14-29)22-7-4-6-20(28)16-22/h2-4,6-13,16H,5,15,17-18H2,1H3,(H,30,32). The van der Waals surface area contributed by atoms with Crippen LogP contribution < -0.4 is 10.2 Å². The van der Waals surface area contributed by atoms with Crippen LogP contribution in [-0.2, 0) is 14.3 Å². The molecule has 7 nitrogen and oxygen atoms in total. The van der Waals surface area contributed by atoms with Gasteiger partial charge in [-0.3, -0.25) is 9.59 Å². The Balaban J connectivity index is 1.61. The van der Waals surface area contributed by atoms with Crippen molar-refractivity contribution in [2.45, 2.75) is 18.2 Å². The van der Waals surface area contributed by atoms with Crippen LogP contribution in [0.25, 0.3) is 0 Å². The van der Waals surface area contributed by atoms with E-state index in [2.05, 4.69) is 5.32 Å². The molecule has 0 aliphatic rings. The van der Waals surface area contributed by atoms with Gasteiger partial charge in [-0.2, -0.15) is 5.26 Å². The summed E-state index contributed by atoms with van der Waals surface area (Å²) in [5.41, 5.74) is 2.55. The predicted molar refractivity (Wildman–Crippen MR) is 141 cm³/mol. The molecule has 3 aromatic carbocycles. The molecular formula is C27H24ClN3O4S. The number of ether oxygens (including phenoxy) is 1. The molecule has 0 aromatic heterocycles. The molecule has 0 saturated carbocycles. The van der Waals surface area contributed by atoms with Gasteiger partial charge >= 0.3 is 5.97 Å². The lowest BCUT2D eigenvalue weighted by atomic mass is 10.2. The van der Waals surface area contributed by atoms with Crippen molar-refractivity contribution in [3.05, 3.63) is 88.9 Å². The minimum Gasteiger partial charge on any atom is -0.452 e. The number of aryl methyl sites for hydroxylation is 1. The third kappa shape index (κ3) is 7.87. The zero-order valence-corrected chi connectivity index (χ0v) is 21.1. The number of nitrogens with zero attached hydrogens (tertiary/aromatic N) is 2. The molecule has 0 spiro atoms. The second-order valence-electron chi connectivity index (χ2n) is 7.71. The van der Waals surface area contributed by atoms with Crippen molar-refractivity contribution in [1.29, 1.82) is 5.26 Å². The normalized spacial score (nSPS) is 10.2. The van der Waals surface area contributed by atoms with E-state index in [4.69, 9.17) is 21.6 Å². The molecule has 3 aromatic rings. The van der Waals surface area contributed by atoms with Crippen molar-refractivity contribution in [1.82, 2.24) is 0 Å². The highest BCUT2D eigenvalue weighted by molar-refractivity contribution is 8.00. The van der Waals surface area contributed by atoms with Gasteiger partial charge in [0.05, 0.1) is 23.8 Å². The molecule has 3 rings (SSSR count). The second kappa shape index (κ2) is 13.3. The summed E-state index contributed by atoms with van der Waals surface area (Å²) < 4.78 is 5.30. The van der Waals surface area contributed by atoms with Crippen molar-refractivity contribution < 1.29 is 19.1 Å². The lowest BCUT2D eigenvalue weighted by molar-refractivity contribution is -0.121. The van der Waals surface area contributed by atoms with E-state index < -0.39 is 18.5 Å². The predicted octanol–water partition coefficient (Wildman–Crippen LogP) is 5.48. The van der Waals surface area contributed by atoms with Crippen molar-refractivity contribution in [3.8, 4) is 6.07 Å². The summed E-state index contributed by atoms with van der Waals surface area (Å²) in [4.78, 5) is 39.9. The number of nitrogens with one attached hydrogen (secondary N) is 1. The number of benzene rings is 3. The number of halogens is 1. The van der Waals surface area contributed by atoms with Gasteiger partial charge in [0.25, 0.3) is 5.91 Å². The van der Waals surface area contributed by atoms with E-state index in [1.807, 2.05) is 37.3 Å². The smallest absolute Gasteiger partial charge is 0.339 e. The third-order valence-corrected chi connectivity index (χ3v) is 6.30. The zero-order valence-electron chi connectivity index (χ0n) is 19.6. The number of carbonyl (C=O) groups is 3. The van der Waals surface area contributed by atoms with Crippen LogP contribution in [0.1, 0.15) is 22.3 Å². The van der Waals surface area contributed by atoms with Gasteiger partial charge in [-0.1, -0.05) is 47.5 Å². The fourth-order valence-corrected chi connectivity index (χ4v) is 4.25. The Morgan fingerprint density at radius 2 is 1.81 bits per heavy atom. The minimum atomic E-state index is -0.684. The summed E-state index contributed by atoms with van der Waals surface area (Å²) >= 11 is 7.23. The van der Waals surface area contributed by atoms with Gasteiger partial charge in [0, 0.05) is 27.8 Å². The van der Waals surface area contributed by atoms with Gasteiger partial charge in [0.2, 0.25) is 5.91 Å². The summed E-state index contributed by atoms with van der Waals surface area (Å²) in [7, 11) is 0. The molecule has 0 aliphatic carbocycles. The molecule has 2 amide bonds. The first kappa shape index (κ1) is 26.8. The summed E-state index contributed by atoms with van der Waals surface area (Å²) in [6.07, 6.45) is 0.107. The molecule has 0 bridgehead atoms. The lowest BCUT2D eigenvalue weighted by Crippen LogP contribution is -2.35. The third-order valence-electron chi connectivity index (χ3n) is 5.00. The van der Waals surface area contributed by atoms with Crippen LogP contribution in [0, 0.1) is 18.3 Å².